The van der Waals surface area contributed by atoms with E-state index in [9.17, 15) is 19.6 Å². The Morgan fingerprint density at radius 1 is 1.06 bits per heavy atom. The van der Waals surface area contributed by atoms with Crippen LogP contribution in [0, 0.1) is 18.3 Å². The molecule has 172 valence electrons. The summed E-state index contributed by atoms with van der Waals surface area (Å²) in [6.45, 7) is 1.38. The highest BCUT2D eigenvalue weighted by Crippen LogP contribution is 2.37. The maximum absolute atomic E-state index is 12.7. The Bertz CT molecular complexity index is 1310. The van der Waals surface area contributed by atoms with Gasteiger partial charge in [0.25, 0.3) is 11.8 Å². The minimum atomic E-state index is -0.735. The van der Waals surface area contributed by atoms with Gasteiger partial charge in [-0.3, -0.25) is 9.59 Å². The zero-order chi connectivity index (χ0) is 24.1. The number of carbonyl (C=O) groups is 3. The number of hydrogen-bond donors (Lipinski definition) is 2. The largest absolute Gasteiger partial charge is 0.452 e. The molecular formula is C26H23N3O4S. The van der Waals surface area contributed by atoms with Crippen molar-refractivity contribution in [2.45, 2.75) is 32.6 Å². The van der Waals surface area contributed by atoms with Gasteiger partial charge in [0.15, 0.2) is 6.61 Å². The normalized spacial score (nSPS) is 12.2. The van der Waals surface area contributed by atoms with Crippen molar-refractivity contribution < 1.29 is 19.1 Å². The van der Waals surface area contributed by atoms with Gasteiger partial charge in [0, 0.05) is 10.4 Å². The lowest BCUT2D eigenvalue weighted by molar-refractivity contribution is -0.119. The van der Waals surface area contributed by atoms with Crippen LogP contribution in [0.5, 0.6) is 0 Å². The van der Waals surface area contributed by atoms with Crippen molar-refractivity contribution >= 4 is 39.8 Å². The number of anilines is 2. The Morgan fingerprint density at radius 2 is 1.85 bits per heavy atom. The van der Waals surface area contributed by atoms with Crippen molar-refractivity contribution in [3.05, 3.63) is 81.2 Å². The molecule has 0 saturated heterocycles. The van der Waals surface area contributed by atoms with Gasteiger partial charge in [-0.2, -0.15) is 5.26 Å². The number of thiophene rings is 1. The zero-order valence-electron chi connectivity index (χ0n) is 18.6. The molecule has 1 aliphatic rings. The lowest BCUT2D eigenvalue weighted by Gasteiger charge is -2.11. The van der Waals surface area contributed by atoms with Crippen molar-refractivity contribution in [3.8, 4) is 6.07 Å². The van der Waals surface area contributed by atoms with E-state index in [-0.39, 0.29) is 17.2 Å². The van der Waals surface area contributed by atoms with E-state index in [1.165, 1.54) is 17.4 Å². The average Bonchev–Trinajstić information content (AvgIpc) is 3.19. The molecule has 0 radical (unpaired) electrons. The first-order chi connectivity index (χ1) is 16.5. The summed E-state index contributed by atoms with van der Waals surface area (Å²) >= 11 is 1.41. The van der Waals surface area contributed by atoms with Crippen LogP contribution in [0.3, 0.4) is 0 Å². The first kappa shape index (κ1) is 23.2. The van der Waals surface area contributed by atoms with Gasteiger partial charge < -0.3 is 15.4 Å². The standard InChI is InChI=1S/C26H23N3O4S/c1-16-7-6-8-17(13-16)24(31)28-21-11-4-2-10-19(21)26(32)33-15-23(30)29-25-20(14-27)18-9-3-5-12-22(18)34-25/h2,4,6-8,10-11,13H,3,5,9,12,15H2,1H3,(H,28,31)(H,29,30). The van der Waals surface area contributed by atoms with Gasteiger partial charge in [0.2, 0.25) is 0 Å². The Kier molecular flexibility index (Phi) is 7.04. The number of nitrogens with one attached hydrogen (secondary N) is 2. The number of aryl methyl sites for hydroxylation is 2. The summed E-state index contributed by atoms with van der Waals surface area (Å²) in [5.41, 5.74) is 3.36. The number of amides is 2. The van der Waals surface area contributed by atoms with Gasteiger partial charge in [-0.15, -0.1) is 11.3 Å². The smallest absolute Gasteiger partial charge is 0.340 e. The average molecular weight is 474 g/mol. The van der Waals surface area contributed by atoms with Gasteiger partial charge in [0.05, 0.1) is 16.8 Å². The van der Waals surface area contributed by atoms with E-state index in [1.807, 2.05) is 13.0 Å². The molecule has 1 aromatic heterocycles. The highest BCUT2D eigenvalue weighted by molar-refractivity contribution is 7.16. The van der Waals surface area contributed by atoms with Crippen LogP contribution in [0.15, 0.2) is 48.5 Å². The molecule has 7 nitrogen and oxygen atoms in total. The third kappa shape index (κ3) is 5.16. The molecule has 0 atom stereocenters. The number of fused-ring (bicyclic) bond motifs is 1. The molecule has 2 N–H and O–H groups in total. The number of ether oxygens (including phenoxy) is 1. The van der Waals surface area contributed by atoms with E-state index in [0.717, 1.165) is 41.7 Å². The van der Waals surface area contributed by atoms with Crippen LogP contribution in [0.2, 0.25) is 0 Å². The minimum Gasteiger partial charge on any atom is -0.452 e. The van der Waals surface area contributed by atoms with Crippen LogP contribution in [0.25, 0.3) is 0 Å². The van der Waals surface area contributed by atoms with E-state index in [1.54, 1.807) is 36.4 Å². The molecule has 0 spiro atoms. The SMILES string of the molecule is Cc1cccc(C(=O)Nc2ccccc2C(=O)OCC(=O)Nc2sc3c(c2C#N)CCCC3)c1. The van der Waals surface area contributed by atoms with E-state index < -0.39 is 18.5 Å². The van der Waals surface area contributed by atoms with E-state index in [0.29, 0.717) is 16.1 Å². The summed E-state index contributed by atoms with van der Waals surface area (Å²) in [6, 6.07) is 15.8. The first-order valence-electron chi connectivity index (χ1n) is 10.9. The molecule has 0 aliphatic heterocycles. The van der Waals surface area contributed by atoms with Crippen LogP contribution >= 0.6 is 11.3 Å². The molecule has 2 amide bonds. The van der Waals surface area contributed by atoms with E-state index in [2.05, 4.69) is 16.7 Å². The van der Waals surface area contributed by atoms with Crippen molar-refractivity contribution in [3.63, 3.8) is 0 Å². The monoisotopic (exact) mass is 473 g/mol. The maximum Gasteiger partial charge on any atom is 0.340 e. The van der Waals surface area contributed by atoms with Gasteiger partial charge in [-0.25, -0.2) is 4.79 Å². The van der Waals surface area contributed by atoms with Gasteiger partial charge in [-0.05, 0) is 62.4 Å². The molecule has 0 unspecified atom stereocenters. The third-order valence-corrected chi connectivity index (χ3v) is 6.75. The number of benzene rings is 2. The molecule has 4 rings (SSSR count). The van der Waals surface area contributed by atoms with Crippen LogP contribution in [-0.2, 0) is 22.4 Å². The highest BCUT2D eigenvalue weighted by atomic mass is 32.1. The lowest BCUT2D eigenvalue weighted by Crippen LogP contribution is -2.22. The molecule has 8 heteroatoms. The number of nitrogens with zero attached hydrogens (tertiary/aromatic N) is 1. The van der Waals surface area contributed by atoms with Gasteiger partial charge in [-0.1, -0.05) is 29.8 Å². The summed E-state index contributed by atoms with van der Waals surface area (Å²) in [5, 5.41) is 15.5. The number of esters is 1. The molecule has 3 aromatic rings. The predicted molar refractivity (Wildman–Crippen MR) is 130 cm³/mol. The molecule has 1 heterocycles. The van der Waals surface area contributed by atoms with Gasteiger partial charge >= 0.3 is 5.97 Å². The fraction of sp³-hybridized carbons (Fsp3) is 0.231. The predicted octanol–water partition coefficient (Wildman–Crippen LogP) is 4.85. The summed E-state index contributed by atoms with van der Waals surface area (Å²) in [7, 11) is 0. The fourth-order valence-electron chi connectivity index (χ4n) is 3.89. The molecular weight excluding hydrogens is 450 g/mol. The van der Waals surface area contributed by atoms with Crippen LogP contribution in [0.4, 0.5) is 10.7 Å². The second-order valence-electron chi connectivity index (χ2n) is 8.02. The van der Waals surface area contributed by atoms with Crippen LogP contribution in [-0.4, -0.2) is 24.4 Å². The second-order valence-corrected chi connectivity index (χ2v) is 9.13. The summed E-state index contributed by atoms with van der Waals surface area (Å²) in [6.07, 6.45) is 3.85. The highest BCUT2D eigenvalue weighted by Gasteiger charge is 2.22. The lowest BCUT2D eigenvalue weighted by atomic mass is 9.96. The second kappa shape index (κ2) is 10.3. The molecule has 1 aliphatic carbocycles. The van der Waals surface area contributed by atoms with Crippen LogP contribution < -0.4 is 10.6 Å². The molecule has 34 heavy (non-hydrogen) atoms. The number of hydrogen-bond acceptors (Lipinski definition) is 6. The fourth-order valence-corrected chi connectivity index (χ4v) is 5.15. The number of rotatable bonds is 6. The molecule has 2 aromatic carbocycles. The Labute approximate surface area is 201 Å². The number of carbonyl (C=O) groups excluding carboxylic acids is 3. The summed E-state index contributed by atoms with van der Waals surface area (Å²) < 4.78 is 5.20. The Morgan fingerprint density at radius 3 is 2.65 bits per heavy atom. The van der Waals surface area contributed by atoms with Crippen molar-refractivity contribution in [1.29, 1.82) is 5.26 Å². The first-order valence-corrected chi connectivity index (χ1v) is 11.8. The number of para-hydroxylation sites is 1. The van der Waals surface area contributed by atoms with Gasteiger partial charge in [0.1, 0.15) is 11.1 Å². The molecule has 0 fully saturated rings. The summed E-state index contributed by atoms with van der Waals surface area (Å²) in [4.78, 5) is 38.9. The molecule has 0 bridgehead atoms. The van der Waals surface area contributed by atoms with E-state index >= 15 is 0 Å². The quantitative estimate of drug-likeness (QED) is 0.497. The Hall–Kier alpha value is -3.96. The number of nitriles is 1. The van der Waals surface area contributed by atoms with Crippen molar-refractivity contribution in [2.75, 3.05) is 17.2 Å². The topological polar surface area (TPSA) is 108 Å². The maximum atomic E-state index is 12.7. The van der Waals surface area contributed by atoms with Crippen molar-refractivity contribution in [1.82, 2.24) is 0 Å². The van der Waals surface area contributed by atoms with Crippen molar-refractivity contribution in [2.24, 2.45) is 0 Å². The molecule has 0 saturated carbocycles. The Balaban J connectivity index is 1.40. The zero-order valence-corrected chi connectivity index (χ0v) is 19.5. The van der Waals surface area contributed by atoms with Crippen LogP contribution in [0.1, 0.15) is 55.1 Å². The third-order valence-electron chi connectivity index (χ3n) is 5.55. The van der Waals surface area contributed by atoms with E-state index in [4.69, 9.17) is 4.74 Å². The minimum absolute atomic E-state index is 0.139. The summed E-state index contributed by atoms with van der Waals surface area (Å²) in [5.74, 6) is -1.61.